The third kappa shape index (κ3) is 3.04. The zero-order chi connectivity index (χ0) is 13.1. The normalized spacial score (nSPS) is 15.1. The molecule has 5 nitrogen and oxygen atoms in total. The molecule has 0 saturated heterocycles. The van der Waals surface area contributed by atoms with Crippen molar-refractivity contribution in [2.45, 2.75) is 32.4 Å². The van der Waals surface area contributed by atoms with Gasteiger partial charge in [0.05, 0.1) is 5.69 Å². The molecule has 0 unspecified atom stereocenters. The van der Waals surface area contributed by atoms with Crippen LogP contribution in [0.25, 0.3) is 0 Å². The Balaban J connectivity index is 1.82. The number of nitrogens with zero attached hydrogens (tertiary/aromatic N) is 2. The van der Waals surface area contributed by atoms with E-state index in [4.69, 9.17) is 5.73 Å². The average molecular weight is 250 g/mol. The lowest BCUT2D eigenvalue weighted by molar-refractivity contribution is 0.0940. The summed E-state index contributed by atoms with van der Waals surface area (Å²) in [7, 11) is 2.11. The lowest BCUT2D eigenvalue weighted by Gasteiger charge is -2.15. The summed E-state index contributed by atoms with van der Waals surface area (Å²) in [5.41, 5.74) is 6.99. The molecule has 1 saturated carbocycles. The first-order valence-electron chi connectivity index (χ1n) is 6.56. The van der Waals surface area contributed by atoms with Crippen molar-refractivity contribution in [2.24, 2.45) is 0 Å². The number of aromatic nitrogens is 1. The van der Waals surface area contributed by atoms with Crippen LogP contribution in [0.3, 0.4) is 0 Å². The van der Waals surface area contributed by atoms with E-state index in [0.717, 1.165) is 19.1 Å². The van der Waals surface area contributed by atoms with Crippen LogP contribution in [0, 0.1) is 0 Å². The summed E-state index contributed by atoms with van der Waals surface area (Å²) >= 11 is 0. The number of carbonyl (C=O) groups is 1. The molecule has 1 aromatic rings. The molecular formula is C13H22N4O. The number of nitrogens with one attached hydrogen (secondary N) is 1. The number of aryl methyl sites for hydroxylation is 1. The van der Waals surface area contributed by atoms with E-state index in [2.05, 4.69) is 17.3 Å². The maximum atomic E-state index is 12.0. The second-order valence-corrected chi connectivity index (χ2v) is 4.91. The standard InChI is InChI=1S/C13H22N4O/c1-3-17-9-10(14)8-12(17)13(18)15-6-7-16(2)11-4-5-11/h8-9,11H,3-7,14H2,1-2H3,(H,15,18). The monoisotopic (exact) mass is 250 g/mol. The van der Waals surface area contributed by atoms with Crippen LogP contribution in [0.4, 0.5) is 5.69 Å². The maximum absolute atomic E-state index is 12.0. The maximum Gasteiger partial charge on any atom is 0.268 e. The smallest absolute Gasteiger partial charge is 0.268 e. The van der Waals surface area contributed by atoms with Gasteiger partial charge in [0.1, 0.15) is 5.69 Å². The Kier molecular flexibility index (Phi) is 3.91. The van der Waals surface area contributed by atoms with Gasteiger partial charge in [-0.05, 0) is 32.9 Å². The van der Waals surface area contributed by atoms with E-state index in [1.807, 2.05) is 11.5 Å². The van der Waals surface area contributed by atoms with Gasteiger partial charge in [0.25, 0.3) is 5.91 Å². The lowest BCUT2D eigenvalue weighted by atomic mass is 10.3. The molecule has 0 atom stereocenters. The minimum atomic E-state index is -0.0438. The summed E-state index contributed by atoms with van der Waals surface area (Å²) in [6, 6.07) is 2.46. The lowest BCUT2D eigenvalue weighted by Crippen LogP contribution is -2.34. The number of likely N-dealkylation sites (N-methyl/N-ethyl adjacent to an activating group) is 1. The Labute approximate surface area is 108 Å². The molecule has 5 heteroatoms. The van der Waals surface area contributed by atoms with E-state index < -0.39 is 0 Å². The molecular weight excluding hydrogens is 228 g/mol. The molecule has 1 fully saturated rings. The fourth-order valence-electron chi connectivity index (χ4n) is 2.12. The van der Waals surface area contributed by atoms with E-state index in [9.17, 15) is 4.79 Å². The third-order valence-electron chi connectivity index (χ3n) is 3.41. The van der Waals surface area contributed by atoms with Crippen LogP contribution in [-0.4, -0.2) is 41.6 Å². The number of amides is 1. The summed E-state index contributed by atoms with van der Waals surface area (Å²) in [6.45, 7) is 4.33. The van der Waals surface area contributed by atoms with Gasteiger partial charge in [-0.15, -0.1) is 0 Å². The second kappa shape index (κ2) is 5.44. The number of rotatable bonds is 6. The van der Waals surface area contributed by atoms with Crippen LogP contribution in [-0.2, 0) is 6.54 Å². The Morgan fingerprint density at radius 1 is 1.61 bits per heavy atom. The highest BCUT2D eigenvalue weighted by Crippen LogP contribution is 2.24. The van der Waals surface area contributed by atoms with Gasteiger partial charge in [0, 0.05) is 31.9 Å². The van der Waals surface area contributed by atoms with E-state index in [0.29, 0.717) is 17.9 Å². The molecule has 1 aromatic heterocycles. The highest BCUT2D eigenvalue weighted by atomic mass is 16.1. The van der Waals surface area contributed by atoms with Crippen LogP contribution >= 0.6 is 0 Å². The molecule has 0 radical (unpaired) electrons. The molecule has 0 bridgehead atoms. The summed E-state index contributed by atoms with van der Waals surface area (Å²) < 4.78 is 1.87. The minimum Gasteiger partial charge on any atom is -0.397 e. The van der Waals surface area contributed by atoms with Crippen molar-refractivity contribution in [1.29, 1.82) is 0 Å². The molecule has 18 heavy (non-hydrogen) atoms. The van der Waals surface area contributed by atoms with Gasteiger partial charge in [0.15, 0.2) is 0 Å². The fraction of sp³-hybridized carbons (Fsp3) is 0.615. The average Bonchev–Trinajstić information content (AvgIpc) is 3.12. The van der Waals surface area contributed by atoms with Gasteiger partial charge < -0.3 is 20.5 Å². The molecule has 2 rings (SSSR count). The predicted molar refractivity (Wildman–Crippen MR) is 72.5 cm³/mol. The van der Waals surface area contributed by atoms with Crippen molar-refractivity contribution in [3.63, 3.8) is 0 Å². The Bertz CT molecular complexity index is 423. The van der Waals surface area contributed by atoms with E-state index >= 15 is 0 Å². The first kappa shape index (κ1) is 13.0. The van der Waals surface area contributed by atoms with E-state index in [1.54, 1.807) is 12.3 Å². The molecule has 0 spiro atoms. The SMILES string of the molecule is CCn1cc(N)cc1C(=O)NCCN(C)C1CC1. The molecule has 0 aromatic carbocycles. The predicted octanol–water partition coefficient (Wildman–Crippen LogP) is 0.914. The van der Waals surface area contributed by atoms with Gasteiger partial charge in [-0.25, -0.2) is 0 Å². The summed E-state index contributed by atoms with van der Waals surface area (Å²) in [5.74, 6) is -0.0438. The summed E-state index contributed by atoms with van der Waals surface area (Å²) in [4.78, 5) is 14.3. The zero-order valence-electron chi connectivity index (χ0n) is 11.1. The third-order valence-corrected chi connectivity index (χ3v) is 3.41. The number of nitrogens with two attached hydrogens (primary N) is 1. The van der Waals surface area contributed by atoms with Gasteiger partial charge in [0.2, 0.25) is 0 Å². The molecule has 1 aliphatic carbocycles. The minimum absolute atomic E-state index is 0.0438. The number of hydrogen-bond donors (Lipinski definition) is 2. The quantitative estimate of drug-likeness (QED) is 0.789. The number of carbonyl (C=O) groups excluding carboxylic acids is 1. The highest BCUT2D eigenvalue weighted by Gasteiger charge is 2.25. The zero-order valence-corrected chi connectivity index (χ0v) is 11.1. The molecule has 0 aliphatic heterocycles. The number of anilines is 1. The summed E-state index contributed by atoms with van der Waals surface area (Å²) in [5, 5.41) is 2.94. The van der Waals surface area contributed by atoms with E-state index in [1.165, 1.54) is 12.8 Å². The van der Waals surface area contributed by atoms with Crippen molar-refractivity contribution >= 4 is 11.6 Å². The van der Waals surface area contributed by atoms with Crippen molar-refractivity contribution in [2.75, 3.05) is 25.9 Å². The van der Waals surface area contributed by atoms with Gasteiger partial charge in [-0.3, -0.25) is 4.79 Å². The molecule has 3 N–H and O–H groups in total. The van der Waals surface area contributed by atoms with Crippen molar-refractivity contribution in [3.05, 3.63) is 18.0 Å². The Hall–Kier alpha value is -1.49. The van der Waals surface area contributed by atoms with Crippen LogP contribution in [0.2, 0.25) is 0 Å². The highest BCUT2D eigenvalue weighted by molar-refractivity contribution is 5.93. The van der Waals surface area contributed by atoms with Crippen LogP contribution in [0.5, 0.6) is 0 Å². The topological polar surface area (TPSA) is 63.3 Å². The summed E-state index contributed by atoms with van der Waals surface area (Å²) in [6.07, 6.45) is 4.38. The van der Waals surface area contributed by atoms with E-state index in [-0.39, 0.29) is 5.91 Å². The molecule has 1 aliphatic rings. The Morgan fingerprint density at radius 2 is 2.33 bits per heavy atom. The molecule has 100 valence electrons. The number of nitrogen functional groups attached to an aromatic ring is 1. The fourth-order valence-corrected chi connectivity index (χ4v) is 2.12. The molecule has 1 heterocycles. The van der Waals surface area contributed by atoms with Gasteiger partial charge in [-0.1, -0.05) is 0 Å². The van der Waals surface area contributed by atoms with Crippen LogP contribution in [0.15, 0.2) is 12.3 Å². The largest absolute Gasteiger partial charge is 0.397 e. The van der Waals surface area contributed by atoms with Gasteiger partial charge >= 0.3 is 0 Å². The van der Waals surface area contributed by atoms with Gasteiger partial charge in [-0.2, -0.15) is 0 Å². The second-order valence-electron chi connectivity index (χ2n) is 4.91. The van der Waals surface area contributed by atoms with Crippen LogP contribution < -0.4 is 11.1 Å². The number of hydrogen-bond acceptors (Lipinski definition) is 3. The van der Waals surface area contributed by atoms with Crippen LogP contribution in [0.1, 0.15) is 30.3 Å². The molecule has 1 amide bonds. The van der Waals surface area contributed by atoms with Crippen molar-refractivity contribution < 1.29 is 4.79 Å². The first-order chi connectivity index (χ1) is 8.61. The van der Waals surface area contributed by atoms with Crippen molar-refractivity contribution in [3.8, 4) is 0 Å². The first-order valence-corrected chi connectivity index (χ1v) is 6.56. The van der Waals surface area contributed by atoms with Crippen molar-refractivity contribution in [1.82, 2.24) is 14.8 Å². The Morgan fingerprint density at radius 3 is 2.94 bits per heavy atom.